The zero-order chi connectivity index (χ0) is 15.4. The predicted molar refractivity (Wildman–Crippen MR) is 85.1 cm³/mol. The minimum Gasteiger partial charge on any atom is -0.495 e. The average molecular weight is 343 g/mol. The summed E-state index contributed by atoms with van der Waals surface area (Å²) in [6.07, 6.45) is 0. The highest BCUT2D eigenvalue weighted by Crippen LogP contribution is 2.24. The molecule has 1 atom stereocenters. The second-order valence-corrected chi connectivity index (χ2v) is 6.45. The van der Waals surface area contributed by atoms with Crippen LogP contribution in [-0.4, -0.2) is 22.9 Å². The molecule has 0 saturated carbocycles. The number of methoxy groups -OCH3 is 1. The number of benzene rings is 2. The molecule has 0 N–H and O–H groups in total. The van der Waals surface area contributed by atoms with Crippen molar-refractivity contribution < 1.29 is 13.7 Å². The minimum absolute atomic E-state index is 0.165. The Morgan fingerprint density at radius 3 is 2.57 bits per heavy atom. The van der Waals surface area contributed by atoms with Gasteiger partial charge in [-0.15, -0.1) is 0 Å². The van der Waals surface area contributed by atoms with Crippen LogP contribution >= 0.6 is 23.2 Å². The molecule has 110 valence electrons. The molecule has 0 aromatic heterocycles. The molecule has 0 radical (unpaired) electrons. The van der Waals surface area contributed by atoms with E-state index in [1.165, 1.54) is 19.2 Å². The summed E-state index contributed by atoms with van der Waals surface area (Å²) in [6, 6.07) is 11.5. The van der Waals surface area contributed by atoms with E-state index < -0.39 is 10.8 Å². The van der Waals surface area contributed by atoms with Crippen LogP contribution in [0.3, 0.4) is 0 Å². The Bertz CT molecular complexity index is 701. The summed E-state index contributed by atoms with van der Waals surface area (Å²) in [5.41, 5.74) is 0.310. The number of carbonyl (C=O) groups excluding carboxylic acids is 1. The number of rotatable bonds is 5. The zero-order valence-electron chi connectivity index (χ0n) is 11.1. The van der Waals surface area contributed by atoms with Gasteiger partial charge in [-0.3, -0.25) is 9.00 Å². The van der Waals surface area contributed by atoms with Crippen LogP contribution in [-0.2, 0) is 10.8 Å². The zero-order valence-corrected chi connectivity index (χ0v) is 13.5. The van der Waals surface area contributed by atoms with Gasteiger partial charge in [0.15, 0.2) is 5.78 Å². The maximum Gasteiger partial charge on any atom is 0.177 e. The van der Waals surface area contributed by atoms with Crippen LogP contribution in [0.15, 0.2) is 47.4 Å². The molecule has 0 spiro atoms. The van der Waals surface area contributed by atoms with Gasteiger partial charge in [-0.2, -0.15) is 0 Å². The van der Waals surface area contributed by atoms with E-state index in [4.69, 9.17) is 27.9 Å². The Labute approximate surface area is 135 Å². The van der Waals surface area contributed by atoms with Crippen molar-refractivity contribution in [2.75, 3.05) is 12.9 Å². The topological polar surface area (TPSA) is 43.4 Å². The van der Waals surface area contributed by atoms with Crippen molar-refractivity contribution in [1.82, 2.24) is 0 Å². The van der Waals surface area contributed by atoms with Crippen molar-refractivity contribution in [3.63, 3.8) is 0 Å². The molecule has 6 heteroatoms. The van der Waals surface area contributed by atoms with Gasteiger partial charge in [0.1, 0.15) is 5.75 Å². The fraction of sp³-hybridized carbons (Fsp3) is 0.133. The monoisotopic (exact) mass is 342 g/mol. The summed E-state index contributed by atoms with van der Waals surface area (Å²) < 4.78 is 17.5. The van der Waals surface area contributed by atoms with Crippen LogP contribution in [0, 0.1) is 0 Å². The maximum absolute atomic E-state index is 12.3. The lowest BCUT2D eigenvalue weighted by atomic mass is 10.1. The van der Waals surface area contributed by atoms with E-state index in [1.54, 1.807) is 30.3 Å². The number of hydrogen-bond acceptors (Lipinski definition) is 3. The summed E-state index contributed by atoms with van der Waals surface area (Å²) in [5, 5.41) is 0.701. The van der Waals surface area contributed by atoms with Gasteiger partial charge in [-0.25, -0.2) is 0 Å². The fourth-order valence-corrected chi connectivity index (χ4v) is 3.47. The van der Waals surface area contributed by atoms with Crippen LogP contribution in [0.1, 0.15) is 10.4 Å². The van der Waals surface area contributed by atoms with E-state index in [0.717, 1.165) is 0 Å². The lowest BCUT2D eigenvalue weighted by Gasteiger charge is -2.08. The first-order valence-electron chi connectivity index (χ1n) is 6.02. The third-order valence-corrected chi connectivity index (χ3v) is 4.71. The first kappa shape index (κ1) is 16.0. The Morgan fingerprint density at radius 1 is 1.19 bits per heavy atom. The van der Waals surface area contributed by atoms with E-state index >= 15 is 0 Å². The Morgan fingerprint density at radius 2 is 1.90 bits per heavy atom. The van der Waals surface area contributed by atoms with Crippen LogP contribution < -0.4 is 4.74 Å². The van der Waals surface area contributed by atoms with Crippen molar-refractivity contribution in [1.29, 1.82) is 0 Å². The average Bonchev–Trinajstić information content (AvgIpc) is 2.46. The van der Waals surface area contributed by atoms with Gasteiger partial charge in [-0.1, -0.05) is 35.3 Å². The van der Waals surface area contributed by atoms with Crippen molar-refractivity contribution in [3.8, 4) is 5.75 Å². The van der Waals surface area contributed by atoms with Crippen molar-refractivity contribution >= 4 is 39.8 Å². The summed E-state index contributed by atoms with van der Waals surface area (Å²) in [4.78, 5) is 12.7. The number of hydrogen-bond donors (Lipinski definition) is 0. The number of halogens is 2. The van der Waals surface area contributed by atoms with Gasteiger partial charge in [-0.05, 0) is 30.3 Å². The summed E-state index contributed by atoms with van der Waals surface area (Å²) in [7, 11) is -0.0112. The van der Waals surface area contributed by atoms with Gasteiger partial charge in [0.25, 0.3) is 0 Å². The molecule has 21 heavy (non-hydrogen) atoms. The Hall–Kier alpha value is -1.36. The minimum atomic E-state index is -1.51. The lowest BCUT2D eigenvalue weighted by Crippen LogP contribution is -2.12. The predicted octanol–water partition coefficient (Wildman–Crippen LogP) is 3.99. The molecule has 0 aliphatic heterocycles. The Balaban J connectivity index is 2.21. The normalized spacial score (nSPS) is 12.0. The van der Waals surface area contributed by atoms with Crippen molar-refractivity contribution in [2.24, 2.45) is 0 Å². The number of ether oxygens (including phenoxy) is 1. The molecule has 0 amide bonds. The molecule has 0 aliphatic rings. The van der Waals surface area contributed by atoms with E-state index in [1.807, 2.05) is 0 Å². The third-order valence-electron chi connectivity index (χ3n) is 2.81. The van der Waals surface area contributed by atoms with Crippen LogP contribution in [0.25, 0.3) is 0 Å². The smallest absolute Gasteiger partial charge is 0.177 e. The highest BCUT2D eigenvalue weighted by molar-refractivity contribution is 7.86. The van der Waals surface area contributed by atoms with Crippen LogP contribution in [0.5, 0.6) is 5.75 Å². The first-order valence-corrected chi connectivity index (χ1v) is 8.10. The van der Waals surface area contributed by atoms with E-state index in [2.05, 4.69) is 0 Å². The number of ketones is 1. The second kappa shape index (κ2) is 7.07. The van der Waals surface area contributed by atoms with Crippen molar-refractivity contribution in [2.45, 2.75) is 4.90 Å². The molecule has 0 saturated heterocycles. The molecule has 3 nitrogen and oxygen atoms in total. The molecule has 2 rings (SSSR count). The van der Waals surface area contributed by atoms with Gasteiger partial charge in [0.05, 0.1) is 33.6 Å². The molecular weight excluding hydrogens is 331 g/mol. The van der Waals surface area contributed by atoms with E-state index in [-0.39, 0.29) is 16.6 Å². The third kappa shape index (κ3) is 3.84. The van der Waals surface area contributed by atoms with E-state index in [0.29, 0.717) is 21.2 Å². The van der Waals surface area contributed by atoms with Gasteiger partial charge in [0, 0.05) is 10.6 Å². The van der Waals surface area contributed by atoms with Crippen LogP contribution in [0.4, 0.5) is 0 Å². The first-order chi connectivity index (χ1) is 10.0. The molecule has 0 fully saturated rings. The highest BCUT2D eigenvalue weighted by atomic mass is 35.5. The summed E-state index contributed by atoms with van der Waals surface area (Å²) >= 11 is 11.8. The largest absolute Gasteiger partial charge is 0.495 e. The number of Topliss-reactive ketones (excluding diaryl/α,β-unsaturated/α-hetero) is 1. The maximum atomic E-state index is 12.3. The fourth-order valence-electron chi connectivity index (χ4n) is 1.80. The Kier molecular flexibility index (Phi) is 5.39. The summed E-state index contributed by atoms with van der Waals surface area (Å²) in [6.45, 7) is 0. The summed E-state index contributed by atoms with van der Waals surface area (Å²) in [5.74, 6) is 0.0218. The molecule has 0 aliphatic carbocycles. The molecule has 2 aromatic rings. The number of para-hydroxylation sites is 1. The van der Waals surface area contributed by atoms with Gasteiger partial charge >= 0.3 is 0 Å². The highest BCUT2D eigenvalue weighted by Gasteiger charge is 2.17. The van der Waals surface area contributed by atoms with Gasteiger partial charge in [0.2, 0.25) is 0 Å². The molecule has 0 bridgehead atoms. The molecular formula is C15H12Cl2O3S. The quantitative estimate of drug-likeness (QED) is 0.771. The molecule has 2 aromatic carbocycles. The van der Waals surface area contributed by atoms with E-state index in [9.17, 15) is 9.00 Å². The molecule has 0 heterocycles. The van der Waals surface area contributed by atoms with Gasteiger partial charge < -0.3 is 4.74 Å². The standard InChI is InChI=1S/C15H12Cl2O3S/c1-20-14-4-2-3-5-15(14)21(19)9-13(18)11-7-6-10(16)8-12(11)17/h2-8H,9H2,1H3. The SMILES string of the molecule is COc1ccccc1S(=O)CC(=O)c1ccc(Cl)cc1Cl. The van der Waals surface area contributed by atoms with Crippen molar-refractivity contribution in [3.05, 3.63) is 58.1 Å². The second-order valence-electron chi connectivity index (χ2n) is 4.19. The molecule has 1 unspecified atom stereocenters. The van der Waals surface area contributed by atoms with Crippen LogP contribution in [0.2, 0.25) is 10.0 Å². The number of carbonyl (C=O) groups is 1. The lowest BCUT2D eigenvalue weighted by molar-refractivity contribution is 0.102.